The van der Waals surface area contributed by atoms with Crippen LogP contribution in [0.25, 0.3) is 0 Å². The van der Waals surface area contributed by atoms with Crippen molar-refractivity contribution >= 4 is 11.7 Å². The molecule has 1 aromatic rings. The number of hydrogen-bond acceptors (Lipinski definition) is 5. The molecule has 0 amide bonds. The largest absolute Gasteiger partial charge is 0.480 e. The van der Waals surface area contributed by atoms with E-state index < -0.39 is 18.4 Å². The highest BCUT2D eigenvalue weighted by Crippen LogP contribution is 2.30. The summed E-state index contributed by atoms with van der Waals surface area (Å²) in [6.07, 6.45) is 0. The van der Waals surface area contributed by atoms with Gasteiger partial charge in [0.05, 0.1) is 0 Å². The van der Waals surface area contributed by atoms with E-state index in [9.17, 15) is 14.8 Å². The average molecular weight is 225 g/mol. The van der Waals surface area contributed by atoms with Gasteiger partial charge in [-0.25, -0.2) is 4.79 Å². The Balaban J connectivity index is 2.96. The van der Waals surface area contributed by atoms with Gasteiger partial charge >= 0.3 is 5.97 Å². The number of rotatable bonds is 5. The highest BCUT2D eigenvalue weighted by molar-refractivity contribution is 5.68. The van der Waals surface area contributed by atoms with Gasteiger partial charge in [-0.2, -0.15) is 0 Å². The lowest BCUT2D eigenvalue weighted by Crippen LogP contribution is -2.28. The summed E-state index contributed by atoms with van der Waals surface area (Å²) in [5.74, 6) is -3.07. The van der Waals surface area contributed by atoms with Gasteiger partial charge in [-0.05, 0) is 18.2 Å². The van der Waals surface area contributed by atoms with Crippen LogP contribution in [0.4, 0.5) is 5.69 Å². The van der Waals surface area contributed by atoms with Crippen LogP contribution in [0.2, 0.25) is 0 Å². The first-order valence-electron chi connectivity index (χ1n) is 4.48. The lowest BCUT2D eigenvalue weighted by molar-refractivity contribution is -0.205. The molecule has 1 aromatic carbocycles. The van der Waals surface area contributed by atoms with Gasteiger partial charge < -0.3 is 14.9 Å². The van der Waals surface area contributed by atoms with Gasteiger partial charge in [0.1, 0.15) is 12.3 Å². The average Bonchev–Trinajstić information content (AvgIpc) is 2.26. The number of carboxylic acids is 1. The van der Waals surface area contributed by atoms with Crippen molar-refractivity contribution < 1.29 is 19.7 Å². The summed E-state index contributed by atoms with van der Waals surface area (Å²) >= 11 is 0. The highest BCUT2D eigenvalue weighted by atomic mass is 16.6. The van der Waals surface area contributed by atoms with Crippen LogP contribution >= 0.6 is 0 Å². The van der Waals surface area contributed by atoms with Crippen LogP contribution in [-0.2, 0) is 15.3 Å². The second-order valence-corrected chi connectivity index (χ2v) is 3.27. The summed E-state index contributed by atoms with van der Waals surface area (Å²) in [6, 6.07) is 6.01. The van der Waals surface area contributed by atoms with Crippen LogP contribution in [0, 0.1) is 4.91 Å². The first kappa shape index (κ1) is 12.3. The predicted octanol–water partition coefficient (Wildman–Crippen LogP) is 1.35. The molecular formula is C10H11NO5. The first-order valence-corrected chi connectivity index (χ1v) is 4.48. The fourth-order valence-corrected chi connectivity index (χ4v) is 1.23. The van der Waals surface area contributed by atoms with Gasteiger partial charge in [0, 0.05) is 5.56 Å². The van der Waals surface area contributed by atoms with E-state index in [0.29, 0.717) is 0 Å². The van der Waals surface area contributed by atoms with E-state index in [1.807, 2.05) is 0 Å². The van der Waals surface area contributed by atoms with Gasteiger partial charge in [-0.15, -0.1) is 4.91 Å². The second kappa shape index (κ2) is 4.82. The number of hydrogen-bond donors (Lipinski definition) is 2. The van der Waals surface area contributed by atoms with Gasteiger partial charge in [-0.3, -0.25) is 0 Å². The van der Waals surface area contributed by atoms with E-state index in [0.717, 1.165) is 0 Å². The molecule has 0 bridgehead atoms. The predicted molar refractivity (Wildman–Crippen MR) is 55.1 cm³/mol. The van der Waals surface area contributed by atoms with Crippen LogP contribution in [0.1, 0.15) is 12.5 Å². The first-order chi connectivity index (χ1) is 7.47. The Labute approximate surface area is 91.4 Å². The molecule has 0 spiro atoms. The summed E-state index contributed by atoms with van der Waals surface area (Å²) in [4.78, 5) is 20.8. The molecule has 2 N–H and O–H groups in total. The lowest BCUT2D eigenvalue weighted by atomic mass is 10.1. The van der Waals surface area contributed by atoms with Crippen molar-refractivity contribution in [1.29, 1.82) is 0 Å². The Morgan fingerprint density at radius 3 is 2.69 bits per heavy atom. The summed E-state index contributed by atoms with van der Waals surface area (Å²) in [5, 5.41) is 21.0. The molecule has 1 atom stereocenters. The topological polar surface area (TPSA) is 96.2 Å². The van der Waals surface area contributed by atoms with Crippen LogP contribution < -0.4 is 0 Å². The molecule has 0 aliphatic heterocycles. The molecule has 1 unspecified atom stereocenters. The smallest absolute Gasteiger partial charge is 0.329 e. The zero-order valence-electron chi connectivity index (χ0n) is 8.58. The van der Waals surface area contributed by atoms with Crippen molar-refractivity contribution in [3.05, 3.63) is 34.7 Å². The molecule has 0 aliphatic carbocycles. The molecule has 86 valence electrons. The van der Waals surface area contributed by atoms with Gasteiger partial charge in [-0.1, -0.05) is 18.2 Å². The third kappa shape index (κ3) is 2.85. The minimum absolute atomic E-state index is 0.0119. The third-order valence-corrected chi connectivity index (χ3v) is 1.98. The quantitative estimate of drug-likeness (QED) is 0.582. The van der Waals surface area contributed by atoms with E-state index in [1.54, 1.807) is 12.1 Å². The Hall–Kier alpha value is -1.79. The normalized spacial score (nSPS) is 14.1. The van der Waals surface area contributed by atoms with E-state index in [4.69, 9.17) is 9.84 Å². The molecule has 0 aromatic heterocycles. The molecule has 1 rings (SSSR count). The third-order valence-electron chi connectivity index (χ3n) is 1.98. The number of aliphatic carboxylic acids is 1. The molecular weight excluding hydrogens is 214 g/mol. The van der Waals surface area contributed by atoms with Gasteiger partial charge in [0.25, 0.3) is 0 Å². The van der Waals surface area contributed by atoms with E-state index in [1.165, 1.54) is 19.1 Å². The SMILES string of the molecule is CC(O)(OCC(=O)O)c1ccccc1N=O. The maximum Gasteiger partial charge on any atom is 0.329 e. The lowest BCUT2D eigenvalue weighted by Gasteiger charge is -2.23. The molecule has 6 nitrogen and oxygen atoms in total. The van der Waals surface area contributed by atoms with Crippen LogP contribution in [0.5, 0.6) is 0 Å². The molecule has 0 aliphatic rings. The minimum Gasteiger partial charge on any atom is -0.480 e. The fraction of sp³-hybridized carbons (Fsp3) is 0.300. The van der Waals surface area contributed by atoms with Crippen molar-refractivity contribution in [1.82, 2.24) is 0 Å². The summed E-state index contributed by atoms with van der Waals surface area (Å²) < 4.78 is 4.78. The number of carboxylic acid groups (broad SMARTS) is 1. The van der Waals surface area contributed by atoms with Crippen LogP contribution in [0.15, 0.2) is 29.4 Å². The second-order valence-electron chi connectivity index (χ2n) is 3.27. The molecule has 0 heterocycles. The Morgan fingerprint density at radius 1 is 1.50 bits per heavy atom. The number of carbonyl (C=O) groups is 1. The van der Waals surface area contributed by atoms with Crippen LogP contribution in [-0.4, -0.2) is 22.8 Å². The maximum absolute atomic E-state index is 10.5. The molecule has 0 saturated heterocycles. The Kier molecular flexibility index (Phi) is 3.70. The number of ether oxygens (including phenoxy) is 1. The summed E-state index contributed by atoms with van der Waals surface area (Å²) in [7, 11) is 0. The van der Waals surface area contributed by atoms with Crippen LogP contribution in [0.3, 0.4) is 0 Å². The van der Waals surface area contributed by atoms with E-state index in [-0.39, 0.29) is 11.3 Å². The number of nitroso groups, excluding NO2 is 1. The minimum atomic E-state index is -1.86. The number of aliphatic hydroxyl groups is 1. The van der Waals surface area contributed by atoms with Crippen molar-refractivity contribution in [2.24, 2.45) is 5.18 Å². The summed E-state index contributed by atoms with van der Waals surface area (Å²) in [5.41, 5.74) is 0.143. The zero-order valence-corrected chi connectivity index (χ0v) is 8.58. The van der Waals surface area contributed by atoms with Crippen molar-refractivity contribution in [2.75, 3.05) is 6.61 Å². The zero-order chi connectivity index (χ0) is 12.2. The molecule has 0 radical (unpaired) electrons. The van der Waals surface area contributed by atoms with Gasteiger partial charge in [0.2, 0.25) is 0 Å². The number of nitrogens with zero attached hydrogens (tertiary/aromatic N) is 1. The standard InChI is InChI=1S/C10H11NO5/c1-10(14,16-6-9(12)13)7-4-2-3-5-8(7)11-15/h2-5,14H,6H2,1H3,(H,12,13). The Morgan fingerprint density at radius 2 is 2.12 bits per heavy atom. The fourth-order valence-electron chi connectivity index (χ4n) is 1.23. The van der Waals surface area contributed by atoms with Gasteiger partial charge in [0.15, 0.2) is 5.79 Å². The molecule has 6 heteroatoms. The Bertz CT molecular complexity index is 402. The van der Waals surface area contributed by atoms with E-state index in [2.05, 4.69) is 5.18 Å². The molecule has 0 fully saturated rings. The molecule has 0 saturated carbocycles. The summed E-state index contributed by atoms with van der Waals surface area (Å²) in [6.45, 7) is 0.583. The molecule has 16 heavy (non-hydrogen) atoms. The van der Waals surface area contributed by atoms with Crippen molar-refractivity contribution in [2.45, 2.75) is 12.7 Å². The van der Waals surface area contributed by atoms with Crippen molar-refractivity contribution in [3.8, 4) is 0 Å². The number of benzene rings is 1. The maximum atomic E-state index is 10.5. The monoisotopic (exact) mass is 225 g/mol. The highest BCUT2D eigenvalue weighted by Gasteiger charge is 2.28. The van der Waals surface area contributed by atoms with E-state index >= 15 is 0 Å². The van der Waals surface area contributed by atoms with Crippen molar-refractivity contribution in [3.63, 3.8) is 0 Å².